The molecule has 5 nitrogen and oxygen atoms in total. The predicted octanol–water partition coefficient (Wildman–Crippen LogP) is 1.91. The van der Waals surface area contributed by atoms with Crippen molar-refractivity contribution in [2.75, 3.05) is 38.5 Å². The Hall–Kier alpha value is -1.50. The number of aromatic nitrogens is 1. The van der Waals surface area contributed by atoms with E-state index >= 15 is 0 Å². The van der Waals surface area contributed by atoms with Crippen LogP contribution >= 0.6 is 0 Å². The van der Waals surface area contributed by atoms with Gasteiger partial charge < -0.3 is 4.52 Å². The van der Waals surface area contributed by atoms with Crippen LogP contribution in [0.3, 0.4) is 0 Å². The van der Waals surface area contributed by atoms with Crippen LogP contribution in [0.1, 0.15) is 11.5 Å². The molecule has 1 fully saturated rings. The van der Waals surface area contributed by atoms with Crippen molar-refractivity contribution < 1.29 is 8.73 Å². The SMILES string of the molecule is Cc1cc(CN2CCN(CCS(=O)c3ccccc3)CC2)on1. The first-order valence-electron chi connectivity index (χ1n) is 8.01. The Morgan fingerprint density at radius 1 is 1.13 bits per heavy atom. The number of nitrogens with zero attached hydrogens (tertiary/aromatic N) is 3. The average molecular weight is 333 g/mol. The first-order valence-corrected chi connectivity index (χ1v) is 9.33. The Kier molecular flexibility index (Phi) is 5.59. The first kappa shape index (κ1) is 16.4. The van der Waals surface area contributed by atoms with Gasteiger partial charge >= 0.3 is 0 Å². The first-order chi connectivity index (χ1) is 11.2. The summed E-state index contributed by atoms with van der Waals surface area (Å²) in [4.78, 5) is 5.69. The maximum Gasteiger partial charge on any atom is 0.150 e. The highest BCUT2D eigenvalue weighted by atomic mass is 32.2. The van der Waals surface area contributed by atoms with Gasteiger partial charge in [0.25, 0.3) is 0 Å². The number of hydrogen-bond donors (Lipinski definition) is 0. The number of aryl methyl sites for hydroxylation is 1. The Bertz CT molecular complexity index is 636. The van der Waals surface area contributed by atoms with Crippen molar-refractivity contribution in [3.63, 3.8) is 0 Å². The molecule has 2 aromatic rings. The van der Waals surface area contributed by atoms with Gasteiger partial charge in [-0.3, -0.25) is 14.0 Å². The highest BCUT2D eigenvalue weighted by Gasteiger charge is 2.18. The molecular formula is C17H23N3O2S. The lowest BCUT2D eigenvalue weighted by molar-refractivity contribution is 0.123. The minimum absolute atomic E-state index is 0.700. The molecule has 1 aliphatic heterocycles. The molecule has 0 radical (unpaired) electrons. The van der Waals surface area contributed by atoms with E-state index in [0.717, 1.165) is 55.6 Å². The van der Waals surface area contributed by atoms with Crippen LogP contribution in [0.2, 0.25) is 0 Å². The molecule has 0 aliphatic carbocycles. The van der Waals surface area contributed by atoms with E-state index in [9.17, 15) is 4.21 Å². The molecular weight excluding hydrogens is 310 g/mol. The topological polar surface area (TPSA) is 49.6 Å². The molecule has 124 valence electrons. The Balaban J connectivity index is 1.40. The highest BCUT2D eigenvalue weighted by molar-refractivity contribution is 7.85. The normalized spacial score (nSPS) is 18.1. The zero-order valence-electron chi connectivity index (χ0n) is 13.5. The summed E-state index contributed by atoms with van der Waals surface area (Å²) in [5.74, 6) is 1.63. The van der Waals surface area contributed by atoms with Gasteiger partial charge in [0, 0.05) is 49.4 Å². The molecule has 0 amide bonds. The Morgan fingerprint density at radius 2 is 1.83 bits per heavy atom. The van der Waals surface area contributed by atoms with E-state index in [4.69, 9.17) is 4.52 Å². The quantitative estimate of drug-likeness (QED) is 0.808. The van der Waals surface area contributed by atoms with Crippen LogP contribution in [0.25, 0.3) is 0 Å². The van der Waals surface area contributed by atoms with Crippen molar-refractivity contribution >= 4 is 10.8 Å². The second-order valence-electron chi connectivity index (χ2n) is 5.92. The van der Waals surface area contributed by atoms with E-state index in [1.165, 1.54) is 0 Å². The third-order valence-corrected chi connectivity index (χ3v) is 5.47. The summed E-state index contributed by atoms with van der Waals surface area (Å²) in [5.41, 5.74) is 0.932. The van der Waals surface area contributed by atoms with Gasteiger partial charge in [-0.25, -0.2) is 0 Å². The summed E-state index contributed by atoms with van der Waals surface area (Å²) in [6, 6.07) is 11.7. The van der Waals surface area contributed by atoms with E-state index in [1.54, 1.807) is 0 Å². The van der Waals surface area contributed by atoms with E-state index in [0.29, 0.717) is 5.75 Å². The molecule has 1 saturated heterocycles. The minimum atomic E-state index is -0.901. The molecule has 2 heterocycles. The third-order valence-electron chi connectivity index (χ3n) is 4.12. The molecule has 1 aromatic heterocycles. The average Bonchev–Trinajstić information content (AvgIpc) is 2.99. The monoisotopic (exact) mass is 333 g/mol. The smallest absolute Gasteiger partial charge is 0.150 e. The molecule has 6 heteroatoms. The molecule has 0 spiro atoms. The van der Waals surface area contributed by atoms with Crippen LogP contribution in [-0.4, -0.2) is 57.6 Å². The molecule has 1 atom stereocenters. The number of benzene rings is 1. The van der Waals surface area contributed by atoms with Crippen LogP contribution in [0.4, 0.5) is 0 Å². The minimum Gasteiger partial charge on any atom is -0.360 e. The Morgan fingerprint density at radius 3 is 2.48 bits per heavy atom. The van der Waals surface area contributed by atoms with Gasteiger partial charge in [-0.05, 0) is 19.1 Å². The standard InChI is InChI=1S/C17H23N3O2S/c1-15-13-16(22-18-15)14-20-9-7-19(8-10-20)11-12-23(21)17-5-3-2-4-6-17/h2-6,13H,7-12,14H2,1H3. The van der Waals surface area contributed by atoms with Crippen LogP contribution in [-0.2, 0) is 17.3 Å². The third kappa shape index (κ3) is 4.73. The summed E-state index contributed by atoms with van der Waals surface area (Å²) in [7, 11) is -0.901. The summed E-state index contributed by atoms with van der Waals surface area (Å²) >= 11 is 0. The van der Waals surface area contributed by atoms with E-state index in [2.05, 4.69) is 15.0 Å². The van der Waals surface area contributed by atoms with Gasteiger partial charge in [0.05, 0.1) is 23.0 Å². The van der Waals surface area contributed by atoms with E-state index in [1.807, 2.05) is 43.3 Å². The van der Waals surface area contributed by atoms with Gasteiger partial charge in [0.15, 0.2) is 5.76 Å². The lowest BCUT2D eigenvalue weighted by Crippen LogP contribution is -2.46. The van der Waals surface area contributed by atoms with Crippen LogP contribution in [0, 0.1) is 6.92 Å². The predicted molar refractivity (Wildman–Crippen MR) is 90.7 cm³/mol. The van der Waals surface area contributed by atoms with Crippen LogP contribution in [0.15, 0.2) is 45.8 Å². The van der Waals surface area contributed by atoms with Crippen molar-refractivity contribution in [2.24, 2.45) is 0 Å². The summed E-state index contributed by atoms with van der Waals surface area (Å²) < 4.78 is 17.5. The molecule has 0 saturated carbocycles. The maximum atomic E-state index is 12.2. The Labute approximate surface area is 139 Å². The second kappa shape index (κ2) is 7.86. The van der Waals surface area contributed by atoms with Crippen LogP contribution in [0.5, 0.6) is 0 Å². The number of piperazine rings is 1. The van der Waals surface area contributed by atoms with Gasteiger partial charge in [-0.1, -0.05) is 23.4 Å². The van der Waals surface area contributed by atoms with Crippen LogP contribution < -0.4 is 0 Å². The van der Waals surface area contributed by atoms with Crippen molar-refractivity contribution in [3.8, 4) is 0 Å². The van der Waals surface area contributed by atoms with Crippen molar-refractivity contribution in [1.82, 2.24) is 15.0 Å². The summed E-state index contributed by atoms with van der Waals surface area (Å²) in [5, 5.41) is 3.93. The molecule has 1 unspecified atom stereocenters. The molecule has 1 aromatic carbocycles. The fourth-order valence-corrected chi connectivity index (χ4v) is 3.90. The zero-order valence-corrected chi connectivity index (χ0v) is 14.3. The van der Waals surface area contributed by atoms with Crippen molar-refractivity contribution in [2.45, 2.75) is 18.4 Å². The highest BCUT2D eigenvalue weighted by Crippen LogP contribution is 2.11. The zero-order chi connectivity index (χ0) is 16.1. The second-order valence-corrected chi connectivity index (χ2v) is 7.49. The van der Waals surface area contributed by atoms with Crippen molar-refractivity contribution in [3.05, 3.63) is 47.9 Å². The van der Waals surface area contributed by atoms with Gasteiger partial charge in [-0.15, -0.1) is 0 Å². The lowest BCUT2D eigenvalue weighted by atomic mass is 10.3. The van der Waals surface area contributed by atoms with E-state index < -0.39 is 10.8 Å². The molecule has 0 bridgehead atoms. The number of hydrogen-bond acceptors (Lipinski definition) is 5. The maximum absolute atomic E-state index is 12.2. The lowest BCUT2D eigenvalue weighted by Gasteiger charge is -2.33. The fraction of sp³-hybridized carbons (Fsp3) is 0.471. The number of rotatable bonds is 6. The molecule has 1 aliphatic rings. The van der Waals surface area contributed by atoms with E-state index in [-0.39, 0.29) is 0 Å². The molecule has 3 rings (SSSR count). The van der Waals surface area contributed by atoms with Gasteiger partial charge in [0.1, 0.15) is 0 Å². The fourth-order valence-electron chi connectivity index (χ4n) is 2.78. The largest absolute Gasteiger partial charge is 0.360 e. The summed E-state index contributed by atoms with van der Waals surface area (Å²) in [6.45, 7) is 7.70. The van der Waals surface area contributed by atoms with Gasteiger partial charge in [0.2, 0.25) is 0 Å². The van der Waals surface area contributed by atoms with Gasteiger partial charge in [-0.2, -0.15) is 0 Å². The van der Waals surface area contributed by atoms with Crippen molar-refractivity contribution in [1.29, 1.82) is 0 Å². The summed E-state index contributed by atoms with van der Waals surface area (Å²) in [6.07, 6.45) is 0. The molecule has 23 heavy (non-hydrogen) atoms. The molecule has 0 N–H and O–H groups in total.